The van der Waals surface area contributed by atoms with Gasteiger partial charge in [0, 0.05) is 29.4 Å². The second-order valence-electron chi connectivity index (χ2n) is 7.31. The molecule has 4 aromatic rings. The van der Waals surface area contributed by atoms with Gasteiger partial charge in [-0.05, 0) is 54.9 Å². The quantitative estimate of drug-likeness (QED) is 0.283. The van der Waals surface area contributed by atoms with Gasteiger partial charge in [0.1, 0.15) is 5.82 Å². The Bertz CT molecular complexity index is 1290. The van der Waals surface area contributed by atoms with Crippen molar-refractivity contribution in [2.75, 3.05) is 23.5 Å². The van der Waals surface area contributed by atoms with Crippen LogP contribution in [0.2, 0.25) is 0 Å². The van der Waals surface area contributed by atoms with E-state index in [0.717, 1.165) is 12.0 Å². The van der Waals surface area contributed by atoms with Gasteiger partial charge < -0.3 is 20.7 Å². The molecule has 0 saturated carbocycles. The molecular formula is C22H23N5O4S. The van der Waals surface area contributed by atoms with E-state index < -0.39 is 16.1 Å². The molecular weight excluding hydrogens is 430 g/mol. The minimum atomic E-state index is -3.73. The molecule has 0 saturated heterocycles. The SMILES string of the molecule is Nc1ccc(C(O)CNCCc2ccc(NS(=O)(=O)c3ccc4oncc4c3)cc2)cn1. The number of aromatic nitrogens is 2. The molecule has 0 bridgehead atoms. The highest BCUT2D eigenvalue weighted by atomic mass is 32.2. The highest BCUT2D eigenvalue weighted by Gasteiger charge is 2.15. The molecule has 1 unspecified atom stereocenters. The lowest BCUT2D eigenvalue weighted by atomic mass is 10.1. The Labute approximate surface area is 185 Å². The molecule has 0 fully saturated rings. The summed E-state index contributed by atoms with van der Waals surface area (Å²) in [6.45, 7) is 1.04. The molecule has 9 nitrogen and oxygen atoms in total. The van der Waals surface area contributed by atoms with Crippen LogP contribution in [-0.4, -0.2) is 36.8 Å². The first-order valence-corrected chi connectivity index (χ1v) is 11.5. The first-order valence-electron chi connectivity index (χ1n) is 9.97. The van der Waals surface area contributed by atoms with E-state index in [1.54, 1.807) is 36.5 Å². The van der Waals surface area contributed by atoms with Crippen LogP contribution >= 0.6 is 0 Å². The van der Waals surface area contributed by atoms with E-state index in [1.807, 2.05) is 12.1 Å². The molecule has 2 aromatic heterocycles. The molecule has 2 heterocycles. The maximum atomic E-state index is 12.7. The number of nitrogens with zero attached hydrogens (tertiary/aromatic N) is 2. The fourth-order valence-corrected chi connectivity index (χ4v) is 4.27. The second-order valence-corrected chi connectivity index (χ2v) is 9.00. The molecule has 10 heteroatoms. The number of nitrogens with two attached hydrogens (primary N) is 1. The number of aliphatic hydroxyl groups excluding tert-OH is 1. The highest BCUT2D eigenvalue weighted by molar-refractivity contribution is 7.92. The minimum Gasteiger partial charge on any atom is -0.387 e. The van der Waals surface area contributed by atoms with Crippen LogP contribution in [0.3, 0.4) is 0 Å². The van der Waals surface area contributed by atoms with Gasteiger partial charge in [0.2, 0.25) is 0 Å². The molecule has 2 aromatic carbocycles. The number of hydrogen-bond acceptors (Lipinski definition) is 8. The third kappa shape index (κ3) is 5.22. The summed E-state index contributed by atoms with van der Waals surface area (Å²) in [5.74, 6) is 0.413. The minimum absolute atomic E-state index is 0.135. The van der Waals surface area contributed by atoms with E-state index in [0.29, 0.717) is 41.1 Å². The van der Waals surface area contributed by atoms with Crippen molar-refractivity contribution < 1.29 is 18.0 Å². The topological polar surface area (TPSA) is 143 Å². The second kappa shape index (κ2) is 9.35. The Balaban J connectivity index is 1.28. The van der Waals surface area contributed by atoms with Gasteiger partial charge in [0.15, 0.2) is 5.58 Å². The summed E-state index contributed by atoms with van der Waals surface area (Å²) >= 11 is 0. The number of sulfonamides is 1. The van der Waals surface area contributed by atoms with E-state index in [9.17, 15) is 13.5 Å². The fourth-order valence-electron chi connectivity index (χ4n) is 3.17. The monoisotopic (exact) mass is 453 g/mol. The van der Waals surface area contributed by atoms with Crippen LogP contribution < -0.4 is 15.8 Å². The molecule has 166 valence electrons. The van der Waals surface area contributed by atoms with Crippen molar-refractivity contribution >= 4 is 32.5 Å². The Morgan fingerprint density at radius 1 is 1.06 bits per heavy atom. The van der Waals surface area contributed by atoms with Gasteiger partial charge in [0.05, 0.1) is 17.2 Å². The first-order chi connectivity index (χ1) is 15.4. The first kappa shape index (κ1) is 21.8. The molecule has 0 spiro atoms. The molecule has 5 N–H and O–H groups in total. The zero-order valence-corrected chi connectivity index (χ0v) is 17.9. The van der Waals surface area contributed by atoms with Crippen LogP contribution in [0.15, 0.2) is 76.4 Å². The van der Waals surface area contributed by atoms with Crippen LogP contribution in [0, 0.1) is 0 Å². The molecule has 0 aliphatic heterocycles. The van der Waals surface area contributed by atoms with Gasteiger partial charge in [-0.25, -0.2) is 13.4 Å². The third-order valence-corrected chi connectivity index (χ3v) is 6.34. The van der Waals surface area contributed by atoms with Crippen molar-refractivity contribution in [1.82, 2.24) is 15.5 Å². The van der Waals surface area contributed by atoms with Gasteiger partial charge >= 0.3 is 0 Å². The lowest BCUT2D eigenvalue weighted by molar-refractivity contribution is 0.175. The van der Waals surface area contributed by atoms with Crippen LogP contribution in [0.5, 0.6) is 0 Å². The van der Waals surface area contributed by atoms with Gasteiger partial charge in [-0.3, -0.25) is 4.72 Å². The average molecular weight is 454 g/mol. The highest BCUT2D eigenvalue weighted by Crippen LogP contribution is 2.21. The van der Waals surface area contributed by atoms with Crippen LogP contribution in [0.4, 0.5) is 11.5 Å². The summed E-state index contributed by atoms with van der Waals surface area (Å²) in [7, 11) is -3.73. The smallest absolute Gasteiger partial charge is 0.261 e. The summed E-state index contributed by atoms with van der Waals surface area (Å²) < 4.78 is 32.9. The predicted octanol–water partition coefficient (Wildman–Crippen LogP) is 2.47. The third-order valence-electron chi connectivity index (χ3n) is 4.96. The molecule has 0 radical (unpaired) electrons. The number of rotatable bonds is 9. The van der Waals surface area contributed by atoms with Crippen molar-refractivity contribution in [3.63, 3.8) is 0 Å². The van der Waals surface area contributed by atoms with E-state index in [1.165, 1.54) is 18.3 Å². The van der Waals surface area contributed by atoms with Gasteiger partial charge in [-0.1, -0.05) is 23.4 Å². The number of anilines is 2. The summed E-state index contributed by atoms with van der Waals surface area (Å²) in [6, 6.07) is 15.1. The number of hydrogen-bond donors (Lipinski definition) is 4. The van der Waals surface area contributed by atoms with Crippen LogP contribution in [0.1, 0.15) is 17.2 Å². The average Bonchev–Trinajstić information content (AvgIpc) is 3.26. The number of benzene rings is 2. The maximum absolute atomic E-state index is 12.7. The standard InChI is InChI=1S/C22H23N5O4S/c23-22-8-3-16(12-25-22)20(28)14-24-10-9-15-1-4-18(5-2-15)27-32(29,30)19-6-7-21-17(11-19)13-26-31-21/h1-8,11-13,20,24,27-28H,9-10,14H2,(H2,23,25). The van der Waals surface area contributed by atoms with Crippen molar-refractivity contribution in [3.05, 3.63) is 78.1 Å². The summed E-state index contributed by atoms with van der Waals surface area (Å²) in [5, 5.41) is 17.7. The van der Waals surface area contributed by atoms with Crippen molar-refractivity contribution in [3.8, 4) is 0 Å². The number of nitrogens with one attached hydrogen (secondary N) is 2. The van der Waals surface area contributed by atoms with Gasteiger partial charge in [-0.15, -0.1) is 0 Å². The van der Waals surface area contributed by atoms with Crippen molar-refractivity contribution in [1.29, 1.82) is 0 Å². The maximum Gasteiger partial charge on any atom is 0.261 e. The fraction of sp³-hybridized carbons (Fsp3) is 0.182. The zero-order chi connectivity index (χ0) is 22.6. The summed E-state index contributed by atoms with van der Waals surface area (Å²) in [5.41, 5.74) is 8.29. The Hall–Kier alpha value is -3.47. The number of fused-ring (bicyclic) bond motifs is 1. The number of aliphatic hydroxyl groups is 1. The van der Waals surface area contributed by atoms with Gasteiger partial charge in [0.25, 0.3) is 10.0 Å². The molecule has 32 heavy (non-hydrogen) atoms. The molecule has 0 aliphatic rings. The summed E-state index contributed by atoms with van der Waals surface area (Å²) in [6.07, 6.45) is 3.09. The molecule has 1 atom stereocenters. The van der Waals surface area contributed by atoms with E-state index in [2.05, 4.69) is 20.2 Å². The lowest BCUT2D eigenvalue weighted by Gasteiger charge is -2.12. The number of nitrogen functional groups attached to an aromatic ring is 1. The molecule has 4 rings (SSSR count). The lowest BCUT2D eigenvalue weighted by Crippen LogP contribution is -2.23. The van der Waals surface area contributed by atoms with Crippen molar-refractivity contribution in [2.24, 2.45) is 0 Å². The van der Waals surface area contributed by atoms with Crippen LogP contribution in [0.25, 0.3) is 11.0 Å². The van der Waals surface area contributed by atoms with E-state index in [-0.39, 0.29) is 4.90 Å². The Morgan fingerprint density at radius 3 is 2.62 bits per heavy atom. The van der Waals surface area contributed by atoms with Crippen molar-refractivity contribution in [2.45, 2.75) is 17.4 Å². The predicted molar refractivity (Wildman–Crippen MR) is 121 cm³/mol. The van der Waals surface area contributed by atoms with E-state index in [4.69, 9.17) is 10.3 Å². The zero-order valence-electron chi connectivity index (χ0n) is 17.1. The number of pyridine rings is 1. The molecule has 0 aliphatic carbocycles. The van der Waals surface area contributed by atoms with Gasteiger partial charge in [-0.2, -0.15) is 0 Å². The summed E-state index contributed by atoms with van der Waals surface area (Å²) in [4.78, 5) is 4.11. The van der Waals surface area contributed by atoms with Crippen LogP contribution in [-0.2, 0) is 16.4 Å². The Morgan fingerprint density at radius 2 is 1.88 bits per heavy atom. The largest absolute Gasteiger partial charge is 0.387 e. The Kier molecular flexibility index (Phi) is 6.35. The normalized spacial score (nSPS) is 12.7. The van der Waals surface area contributed by atoms with E-state index >= 15 is 0 Å². The molecule has 0 amide bonds.